The number of rotatable bonds is 4. The van der Waals surface area contributed by atoms with E-state index >= 15 is 0 Å². The first-order valence-corrected chi connectivity index (χ1v) is 5.72. The molecule has 0 aliphatic carbocycles. The number of aryl methyl sites for hydroxylation is 2. The summed E-state index contributed by atoms with van der Waals surface area (Å²) in [6, 6.07) is 8.56. The molecule has 17 heavy (non-hydrogen) atoms. The summed E-state index contributed by atoms with van der Waals surface area (Å²) in [6.07, 6.45) is 0. The second-order valence-corrected chi connectivity index (χ2v) is 3.97. The van der Waals surface area contributed by atoms with Gasteiger partial charge in [-0.2, -0.15) is 5.10 Å². The number of nitrogens with one attached hydrogen (secondary N) is 1. The molecule has 0 atom stereocenters. The van der Waals surface area contributed by atoms with Crippen molar-refractivity contribution in [3.05, 3.63) is 47.4 Å². The molecule has 0 saturated carbocycles. The van der Waals surface area contributed by atoms with Crippen molar-refractivity contribution >= 4 is 5.82 Å². The van der Waals surface area contributed by atoms with E-state index < -0.39 is 0 Å². The lowest BCUT2D eigenvalue weighted by Crippen LogP contribution is -2.02. The van der Waals surface area contributed by atoms with E-state index in [0.29, 0.717) is 6.54 Å². The van der Waals surface area contributed by atoms with E-state index in [9.17, 15) is 4.39 Å². The van der Waals surface area contributed by atoms with Crippen LogP contribution < -0.4 is 5.32 Å². The predicted molar refractivity (Wildman–Crippen MR) is 66.4 cm³/mol. The van der Waals surface area contributed by atoms with Crippen LogP contribution in [0.15, 0.2) is 30.3 Å². The van der Waals surface area contributed by atoms with Gasteiger partial charge in [0.2, 0.25) is 0 Å². The van der Waals surface area contributed by atoms with Crippen molar-refractivity contribution < 1.29 is 4.39 Å². The number of anilines is 1. The third kappa shape index (κ3) is 2.84. The van der Waals surface area contributed by atoms with Crippen LogP contribution >= 0.6 is 0 Å². The van der Waals surface area contributed by atoms with Crippen molar-refractivity contribution in [2.75, 3.05) is 5.32 Å². The van der Waals surface area contributed by atoms with Gasteiger partial charge in [0, 0.05) is 24.8 Å². The monoisotopic (exact) mass is 233 g/mol. The summed E-state index contributed by atoms with van der Waals surface area (Å²) in [6.45, 7) is 5.51. The summed E-state index contributed by atoms with van der Waals surface area (Å²) in [5.74, 6) is 0.619. The zero-order valence-corrected chi connectivity index (χ0v) is 10.1. The van der Waals surface area contributed by atoms with Gasteiger partial charge in [-0.25, -0.2) is 4.39 Å². The smallest absolute Gasteiger partial charge is 0.148 e. The Morgan fingerprint density at radius 2 is 2.18 bits per heavy atom. The third-order valence-corrected chi connectivity index (χ3v) is 2.64. The van der Waals surface area contributed by atoms with Crippen LogP contribution in [0.5, 0.6) is 0 Å². The fourth-order valence-electron chi connectivity index (χ4n) is 1.76. The molecule has 90 valence electrons. The molecule has 0 aliphatic heterocycles. The minimum Gasteiger partial charge on any atom is -0.365 e. The molecule has 0 radical (unpaired) electrons. The molecule has 0 spiro atoms. The van der Waals surface area contributed by atoms with Crippen LogP contribution in [0.4, 0.5) is 10.2 Å². The summed E-state index contributed by atoms with van der Waals surface area (Å²) in [5, 5.41) is 7.56. The number of nitrogens with zero attached hydrogens (tertiary/aromatic N) is 2. The summed E-state index contributed by atoms with van der Waals surface area (Å²) >= 11 is 0. The van der Waals surface area contributed by atoms with E-state index in [4.69, 9.17) is 0 Å². The fraction of sp³-hybridized carbons (Fsp3) is 0.308. The summed E-state index contributed by atoms with van der Waals surface area (Å²) < 4.78 is 14.9. The van der Waals surface area contributed by atoms with Crippen molar-refractivity contribution in [2.24, 2.45) is 0 Å². The van der Waals surface area contributed by atoms with Gasteiger partial charge in [0.05, 0.1) is 0 Å². The first-order valence-electron chi connectivity index (χ1n) is 5.72. The van der Waals surface area contributed by atoms with Gasteiger partial charge >= 0.3 is 0 Å². The molecule has 1 aromatic heterocycles. The zero-order chi connectivity index (χ0) is 12.3. The molecule has 1 aromatic carbocycles. The summed E-state index contributed by atoms with van der Waals surface area (Å²) in [4.78, 5) is 0. The SMILES string of the molecule is CCn1nc(NCc2cccc(F)c2)cc1C. The van der Waals surface area contributed by atoms with E-state index in [1.54, 1.807) is 6.07 Å². The van der Waals surface area contributed by atoms with E-state index in [-0.39, 0.29) is 5.82 Å². The maximum absolute atomic E-state index is 13.0. The van der Waals surface area contributed by atoms with Crippen molar-refractivity contribution in [1.29, 1.82) is 0 Å². The maximum Gasteiger partial charge on any atom is 0.148 e. The largest absolute Gasteiger partial charge is 0.365 e. The van der Waals surface area contributed by atoms with Gasteiger partial charge in [-0.3, -0.25) is 4.68 Å². The van der Waals surface area contributed by atoms with Gasteiger partial charge in [0.1, 0.15) is 11.6 Å². The molecule has 0 saturated heterocycles. The normalized spacial score (nSPS) is 10.5. The van der Waals surface area contributed by atoms with Crippen LogP contribution in [0.25, 0.3) is 0 Å². The Morgan fingerprint density at radius 3 is 2.82 bits per heavy atom. The van der Waals surface area contributed by atoms with Gasteiger partial charge in [-0.1, -0.05) is 12.1 Å². The quantitative estimate of drug-likeness (QED) is 0.879. The lowest BCUT2D eigenvalue weighted by atomic mass is 10.2. The molecule has 4 heteroatoms. The standard InChI is InChI=1S/C13H16FN3/c1-3-17-10(2)7-13(16-17)15-9-11-5-4-6-12(14)8-11/h4-8H,3,9H2,1-2H3,(H,15,16). The Bertz CT molecular complexity index is 505. The van der Waals surface area contributed by atoms with E-state index in [2.05, 4.69) is 17.3 Å². The fourth-order valence-corrected chi connectivity index (χ4v) is 1.76. The molecule has 0 bridgehead atoms. The third-order valence-electron chi connectivity index (χ3n) is 2.64. The highest BCUT2D eigenvalue weighted by Crippen LogP contribution is 2.11. The molecule has 2 aromatic rings. The van der Waals surface area contributed by atoms with Gasteiger partial charge in [0.15, 0.2) is 0 Å². The van der Waals surface area contributed by atoms with Crippen molar-refractivity contribution in [3.63, 3.8) is 0 Å². The van der Waals surface area contributed by atoms with Gasteiger partial charge in [0.25, 0.3) is 0 Å². The predicted octanol–water partition coefficient (Wildman–Crippen LogP) is 2.96. The van der Waals surface area contributed by atoms with Crippen LogP contribution in [0.3, 0.4) is 0 Å². The highest BCUT2D eigenvalue weighted by atomic mass is 19.1. The van der Waals surface area contributed by atoms with Gasteiger partial charge < -0.3 is 5.32 Å². The highest BCUT2D eigenvalue weighted by molar-refractivity contribution is 5.36. The molecule has 0 amide bonds. The molecule has 1 N–H and O–H groups in total. The lowest BCUT2D eigenvalue weighted by molar-refractivity contribution is 0.625. The molecular formula is C13H16FN3. The number of hydrogen-bond donors (Lipinski definition) is 1. The van der Waals surface area contributed by atoms with Crippen LogP contribution in [0.2, 0.25) is 0 Å². The number of benzene rings is 1. The Kier molecular flexibility index (Phi) is 3.42. The molecule has 3 nitrogen and oxygen atoms in total. The first-order chi connectivity index (χ1) is 8.19. The molecule has 1 heterocycles. The average Bonchev–Trinajstić information content (AvgIpc) is 2.67. The lowest BCUT2D eigenvalue weighted by Gasteiger charge is -2.03. The first kappa shape index (κ1) is 11.6. The van der Waals surface area contributed by atoms with E-state index in [0.717, 1.165) is 23.6 Å². The average molecular weight is 233 g/mol. The van der Waals surface area contributed by atoms with Gasteiger partial charge in [-0.15, -0.1) is 0 Å². The second kappa shape index (κ2) is 4.99. The Balaban J connectivity index is 2.02. The Labute approximate surface area is 100 Å². The van der Waals surface area contributed by atoms with E-state index in [1.165, 1.54) is 12.1 Å². The number of hydrogen-bond acceptors (Lipinski definition) is 2. The van der Waals surface area contributed by atoms with Crippen molar-refractivity contribution in [1.82, 2.24) is 9.78 Å². The minimum absolute atomic E-state index is 0.209. The van der Waals surface area contributed by atoms with Crippen molar-refractivity contribution in [2.45, 2.75) is 26.9 Å². The Morgan fingerprint density at radius 1 is 1.35 bits per heavy atom. The van der Waals surface area contributed by atoms with Crippen LogP contribution in [0, 0.1) is 12.7 Å². The summed E-state index contributed by atoms with van der Waals surface area (Å²) in [5.41, 5.74) is 2.03. The maximum atomic E-state index is 13.0. The van der Waals surface area contributed by atoms with Crippen molar-refractivity contribution in [3.8, 4) is 0 Å². The van der Waals surface area contributed by atoms with Crippen LogP contribution in [-0.4, -0.2) is 9.78 Å². The zero-order valence-electron chi connectivity index (χ0n) is 10.1. The molecular weight excluding hydrogens is 217 g/mol. The molecule has 0 unspecified atom stereocenters. The topological polar surface area (TPSA) is 29.9 Å². The highest BCUT2D eigenvalue weighted by Gasteiger charge is 2.02. The Hall–Kier alpha value is -1.84. The van der Waals surface area contributed by atoms with E-state index in [1.807, 2.05) is 23.7 Å². The molecule has 0 aliphatic rings. The van der Waals surface area contributed by atoms with Gasteiger partial charge in [-0.05, 0) is 31.5 Å². The van der Waals surface area contributed by atoms with Crippen LogP contribution in [-0.2, 0) is 13.1 Å². The number of halogens is 1. The number of aromatic nitrogens is 2. The summed E-state index contributed by atoms with van der Waals surface area (Å²) in [7, 11) is 0. The molecule has 0 fully saturated rings. The van der Waals surface area contributed by atoms with Crippen LogP contribution in [0.1, 0.15) is 18.2 Å². The second-order valence-electron chi connectivity index (χ2n) is 3.97. The minimum atomic E-state index is -0.209. The molecule has 2 rings (SSSR count).